The molecule has 0 aromatic heterocycles. The van der Waals surface area contributed by atoms with Crippen molar-refractivity contribution < 1.29 is 18.7 Å². The number of para-hydroxylation sites is 1. The van der Waals surface area contributed by atoms with E-state index in [4.69, 9.17) is 4.74 Å². The van der Waals surface area contributed by atoms with Gasteiger partial charge in [-0.25, -0.2) is 9.18 Å². The molecular weight excluding hydrogens is 251 g/mol. The second-order valence-corrected chi connectivity index (χ2v) is 4.15. The molecule has 0 radical (unpaired) electrons. The van der Waals surface area contributed by atoms with E-state index in [2.05, 4.69) is 10.6 Å². The highest BCUT2D eigenvalue weighted by Gasteiger charge is 2.08. The minimum absolute atomic E-state index is 0.0723. The number of urea groups is 1. The second-order valence-electron chi connectivity index (χ2n) is 4.15. The number of halogens is 1. The highest BCUT2D eigenvalue weighted by atomic mass is 19.1. The van der Waals surface area contributed by atoms with E-state index in [0.29, 0.717) is 0 Å². The summed E-state index contributed by atoms with van der Waals surface area (Å²) in [6.07, 6.45) is -0.109. The van der Waals surface area contributed by atoms with Gasteiger partial charge in [-0.3, -0.25) is 4.79 Å². The standard InChI is InChI=1S/C13H17FN2O3/c1-9(2)19-12(17)7-8-15-13(18)16-11-6-4-3-5-10(11)14/h3-6,9H,7-8H2,1-2H3,(H2,15,16,18). The summed E-state index contributed by atoms with van der Waals surface area (Å²) in [5, 5.41) is 4.79. The maximum atomic E-state index is 13.2. The van der Waals surface area contributed by atoms with Gasteiger partial charge in [0.15, 0.2) is 0 Å². The summed E-state index contributed by atoms with van der Waals surface area (Å²) >= 11 is 0. The molecule has 19 heavy (non-hydrogen) atoms. The largest absolute Gasteiger partial charge is 0.463 e. The van der Waals surface area contributed by atoms with Gasteiger partial charge in [0.25, 0.3) is 0 Å². The number of hydrogen-bond acceptors (Lipinski definition) is 3. The number of hydrogen-bond donors (Lipinski definition) is 2. The summed E-state index contributed by atoms with van der Waals surface area (Å²) in [6.45, 7) is 3.62. The van der Waals surface area contributed by atoms with Crippen molar-refractivity contribution >= 4 is 17.7 Å². The minimum Gasteiger partial charge on any atom is -0.463 e. The number of amides is 2. The van der Waals surface area contributed by atoms with E-state index < -0.39 is 11.8 Å². The molecule has 0 saturated carbocycles. The van der Waals surface area contributed by atoms with Gasteiger partial charge >= 0.3 is 12.0 Å². The van der Waals surface area contributed by atoms with Crippen LogP contribution in [0.2, 0.25) is 0 Å². The van der Waals surface area contributed by atoms with E-state index in [1.165, 1.54) is 18.2 Å². The summed E-state index contributed by atoms with van der Waals surface area (Å²) in [5.74, 6) is -0.905. The molecule has 0 bridgehead atoms. The molecule has 5 nitrogen and oxygen atoms in total. The quantitative estimate of drug-likeness (QED) is 0.805. The number of carbonyl (C=O) groups is 2. The van der Waals surface area contributed by atoms with Crippen molar-refractivity contribution in [2.75, 3.05) is 11.9 Å². The third kappa shape index (κ3) is 5.85. The van der Waals surface area contributed by atoms with Gasteiger partial charge in [-0.1, -0.05) is 12.1 Å². The van der Waals surface area contributed by atoms with Gasteiger partial charge in [0.05, 0.1) is 18.2 Å². The average molecular weight is 268 g/mol. The van der Waals surface area contributed by atoms with E-state index in [1.54, 1.807) is 19.9 Å². The van der Waals surface area contributed by atoms with Gasteiger partial charge in [-0.05, 0) is 26.0 Å². The lowest BCUT2D eigenvalue weighted by Gasteiger charge is -2.09. The van der Waals surface area contributed by atoms with Crippen molar-refractivity contribution in [3.8, 4) is 0 Å². The monoisotopic (exact) mass is 268 g/mol. The number of carbonyl (C=O) groups excluding carboxylic acids is 2. The van der Waals surface area contributed by atoms with Crippen LogP contribution in [-0.4, -0.2) is 24.6 Å². The molecule has 0 aliphatic rings. The van der Waals surface area contributed by atoms with Crippen molar-refractivity contribution in [1.82, 2.24) is 5.32 Å². The number of esters is 1. The predicted octanol–water partition coefficient (Wildman–Crippen LogP) is 2.29. The number of rotatable bonds is 5. The molecule has 0 atom stereocenters. The van der Waals surface area contributed by atoms with Gasteiger partial charge in [-0.15, -0.1) is 0 Å². The Hall–Kier alpha value is -2.11. The van der Waals surface area contributed by atoms with E-state index >= 15 is 0 Å². The van der Waals surface area contributed by atoms with Crippen molar-refractivity contribution in [3.05, 3.63) is 30.1 Å². The van der Waals surface area contributed by atoms with E-state index in [0.717, 1.165) is 0 Å². The van der Waals surface area contributed by atoms with Crippen LogP contribution in [0.3, 0.4) is 0 Å². The third-order valence-corrected chi connectivity index (χ3v) is 2.10. The molecule has 0 spiro atoms. The fourth-order valence-corrected chi connectivity index (χ4v) is 1.33. The van der Waals surface area contributed by atoms with Gasteiger partial charge < -0.3 is 15.4 Å². The SMILES string of the molecule is CC(C)OC(=O)CCNC(=O)Nc1ccccc1F. The second kappa shape index (κ2) is 7.35. The number of anilines is 1. The van der Waals surface area contributed by atoms with E-state index in [1.807, 2.05) is 0 Å². The fraction of sp³-hybridized carbons (Fsp3) is 0.385. The van der Waals surface area contributed by atoms with Crippen LogP contribution in [-0.2, 0) is 9.53 Å². The third-order valence-electron chi connectivity index (χ3n) is 2.10. The number of ether oxygens (including phenoxy) is 1. The van der Waals surface area contributed by atoms with Crippen molar-refractivity contribution in [2.45, 2.75) is 26.4 Å². The van der Waals surface area contributed by atoms with Crippen molar-refractivity contribution in [2.24, 2.45) is 0 Å². The molecule has 0 saturated heterocycles. The number of nitrogens with one attached hydrogen (secondary N) is 2. The van der Waals surface area contributed by atoms with Gasteiger partial charge in [0.1, 0.15) is 5.82 Å². The summed E-state index contributed by atoms with van der Waals surface area (Å²) in [6, 6.07) is 5.26. The molecule has 2 N–H and O–H groups in total. The average Bonchev–Trinajstić information content (AvgIpc) is 2.31. The van der Waals surface area contributed by atoms with Crippen LogP contribution in [0.5, 0.6) is 0 Å². The lowest BCUT2D eigenvalue weighted by molar-refractivity contribution is -0.147. The van der Waals surface area contributed by atoms with Crippen LogP contribution >= 0.6 is 0 Å². The molecule has 1 aromatic carbocycles. The van der Waals surface area contributed by atoms with E-state index in [-0.39, 0.29) is 30.7 Å². The Bertz CT molecular complexity index is 449. The summed E-state index contributed by atoms with van der Waals surface area (Å²) in [7, 11) is 0. The Morgan fingerprint density at radius 3 is 2.63 bits per heavy atom. The maximum Gasteiger partial charge on any atom is 0.319 e. The Morgan fingerprint density at radius 2 is 2.00 bits per heavy atom. The van der Waals surface area contributed by atoms with Crippen LogP contribution in [0.4, 0.5) is 14.9 Å². The molecule has 0 unspecified atom stereocenters. The highest BCUT2D eigenvalue weighted by Crippen LogP contribution is 2.11. The summed E-state index contributed by atoms with van der Waals surface area (Å²) in [5.41, 5.74) is 0.0877. The van der Waals surface area contributed by atoms with Crippen LogP contribution < -0.4 is 10.6 Å². The van der Waals surface area contributed by atoms with Gasteiger partial charge in [-0.2, -0.15) is 0 Å². The zero-order chi connectivity index (χ0) is 14.3. The van der Waals surface area contributed by atoms with Crippen molar-refractivity contribution in [1.29, 1.82) is 0 Å². The molecule has 0 aliphatic carbocycles. The molecule has 1 aromatic rings. The van der Waals surface area contributed by atoms with Gasteiger partial charge in [0, 0.05) is 6.54 Å². The van der Waals surface area contributed by atoms with Crippen LogP contribution in [0.25, 0.3) is 0 Å². The first-order valence-electron chi connectivity index (χ1n) is 5.98. The zero-order valence-electron chi connectivity index (χ0n) is 10.9. The lowest BCUT2D eigenvalue weighted by atomic mass is 10.3. The highest BCUT2D eigenvalue weighted by molar-refractivity contribution is 5.89. The Morgan fingerprint density at radius 1 is 1.32 bits per heavy atom. The molecule has 2 amide bonds. The van der Waals surface area contributed by atoms with E-state index in [9.17, 15) is 14.0 Å². The number of benzene rings is 1. The summed E-state index contributed by atoms with van der Waals surface area (Å²) < 4.78 is 18.1. The smallest absolute Gasteiger partial charge is 0.319 e. The normalized spacial score (nSPS) is 10.1. The first-order valence-corrected chi connectivity index (χ1v) is 5.98. The molecule has 6 heteroatoms. The Balaban J connectivity index is 2.29. The molecule has 0 heterocycles. The first kappa shape index (κ1) is 14.9. The van der Waals surface area contributed by atoms with Crippen LogP contribution in [0.15, 0.2) is 24.3 Å². The van der Waals surface area contributed by atoms with Crippen LogP contribution in [0, 0.1) is 5.82 Å². The fourth-order valence-electron chi connectivity index (χ4n) is 1.33. The molecule has 104 valence electrons. The Labute approximate surface area is 111 Å². The van der Waals surface area contributed by atoms with Crippen LogP contribution in [0.1, 0.15) is 20.3 Å². The topological polar surface area (TPSA) is 67.4 Å². The molecule has 1 rings (SSSR count). The first-order chi connectivity index (χ1) is 8.99. The molecular formula is C13H17FN2O3. The Kier molecular flexibility index (Phi) is 5.78. The van der Waals surface area contributed by atoms with Gasteiger partial charge in [0.2, 0.25) is 0 Å². The molecule has 0 fully saturated rings. The molecule has 0 aliphatic heterocycles. The lowest BCUT2D eigenvalue weighted by Crippen LogP contribution is -2.31. The van der Waals surface area contributed by atoms with Crippen molar-refractivity contribution in [3.63, 3.8) is 0 Å². The maximum absolute atomic E-state index is 13.2. The predicted molar refractivity (Wildman–Crippen MR) is 69.3 cm³/mol. The zero-order valence-corrected chi connectivity index (χ0v) is 10.9. The summed E-state index contributed by atoms with van der Waals surface area (Å²) in [4.78, 5) is 22.6. The minimum atomic E-state index is -0.567.